The number of aromatic amines is 1. The summed E-state index contributed by atoms with van der Waals surface area (Å²) in [4.78, 5) is 14.3. The van der Waals surface area contributed by atoms with Gasteiger partial charge in [0.25, 0.3) is 5.91 Å². The largest absolute Gasteiger partial charge is 0.470 e. The highest BCUT2D eigenvalue weighted by Crippen LogP contribution is 2.32. The van der Waals surface area contributed by atoms with Crippen LogP contribution in [0.25, 0.3) is 11.3 Å². The molecule has 0 aliphatic carbocycles. The summed E-state index contributed by atoms with van der Waals surface area (Å²) in [5, 5.41) is 13.5. The summed E-state index contributed by atoms with van der Waals surface area (Å²) in [6.07, 6.45) is -3.76. The van der Waals surface area contributed by atoms with Crippen molar-refractivity contribution in [2.45, 2.75) is 24.9 Å². The van der Waals surface area contributed by atoms with Gasteiger partial charge in [0.1, 0.15) is 5.69 Å². The fourth-order valence-corrected chi connectivity index (χ4v) is 3.20. The monoisotopic (exact) mass is 391 g/mol. The quantitative estimate of drug-likeness (QED) is 0.738. The minimum absolute atomic E-state index is 0.0349. The number of aromatic nitrogens is 4. The second-order valence-corrected chi connectivity index (χ2v) is 6.54. The zero-order valence-corrected chi connectivity index (χ0v) is 14.6. The maximum atomic E-state index is 12.7. The molecular weight excluding hydrogens is 375 g/mol. The zero-order chi connectivity index (χ0) is 19.7. The second kappa shape index (κ2) is 7.10. The van der Waals surface area contributed by atoms with Crippen molar-refractivity contribution in [3.63, 3.8) is 0 Å². The number of likely N-dealkylation sites (tertiary alicyclic amines) is 1. The Balaban J connectivity index is 1.39. The van der Waals surface area contributed by atoms with Crippen LogP contribution >= 0.6 is 0 Å². The lowest BCUT2D eigenvalue weighted by atomic mass is 9.96. The molecule has 1 N–H and O–H groups in total. The van der Waals surface area contributed by atoms with Gasteiger partial charge in [-0.3, -0.25) is 9.89 Å². The van der Waals surface area contributed by atoms with Crippen LogP contribution in [0, 0.1) is 0 Å². The van der Waals surface area contributed by atoms with E-state index in [4.69, 9.17) is 4.42 Å². The molecule has 3 aromatic rings. The first-order chi connectivity index (χ1) is 13.4. The van der Waals surface area contributed by atoms with E-state index < -0.39 is 12.1 Å². The van der Waals surface area contributed by atoms with E-state index in [-0.39, 0.29) is 17.7 Å². The Labute approximate surface area is 157 Å². The van der Waals surface area contributed by atoms with Gasteiger partial charge in [0.05, 0.1) is 5.69 Å². The van der Waals surface area contributed by atoms with E-state index in [2.05, 4.69) is 20.4 Å². The second-order valence-electron chi connectivity index (χ2n) is 6.54. The Morgan fingerprint density at radius 1 is 1.14 bits per heavy atom. The molecule has 0 spiro atoms. The van der Waals surface area contributed by atoms with Crippen LogP contribution in [-0.2, 0) is 6.18 Å². The lowest BCUT2D eigenvalue weighted by molar-refractivity contribution is -0.157. The maximum absolute atomic E-state index is 12.7. The average molecular weight is 391 g/mol. The van der Waals surface area contributed by atoms with Crippen LogP contribution in [0.2, 0.25) is 0 Å². The molecule has 7 nitrogen and oxygen atoms in total. The Morgan fingerprint density at radius 2 is 1.86 bits per heavy atom. The molecular formula is C18H16F3N5O2. The van der Waals surface area contributed by atoms with Gasteiger partial charge < -0.3 is 9.32 Å². The van der Waals surface area contributed by atoms with E-state index in [9.17, 15) is 18.0 Å². The van der Waals surface area contributed by atoms with Crippen molar-refractivity contribution in [1.82, 2.24) is 25.3 Å². The fraction of sp³-hybridized carbons (Fsp3) is 0.333. The number of carbonyl (C=O) groups excluding carboxylic acids is 1. The highest BCUT2D eigenvalue weighted by Gasteiger charge is 2.39. The molecule has 3 heterocycles. The van der Waals surface area contributed by atoms with Crippen LogP contribution < -0.4 is 0 Å². The van der Waals surface area contributed by atoms with Gasteiger partial charge in [-0.2, -0.15) is 18.3 Å². The number of rotatable bonds is 3. The van der Waals surface area contributed by atoms with Gasteiger partial charge in [0.15, 0.2) is 0 Å². The Bertz CT molecular complexity index is 959. The minimum atomic E-state index is -4.65. The summed E-state index contributed by atoms with van der Waals surface area (Å²) >= 11 is 0. The standard InChI is InChI=1S/C18H16F3N5O2/c19-18(20,21)17-25-24-15(28-17)12-6-8-26(9-7-12)16(27)14-10-13(22-23-14)11-4-2-1-3-5-11/h1-5,10,12H,6-9H2,(H,22,23). The third-order valence-electron chi connectivity index (χ3n) is 4.69. The highest BCUT2D eigenvalue weighted by atomic mass is 19.4. The van der Waals surface area contributed by atoms with E-state index in [0.29, 0.717) is 37.3 Å². The lowest BCUT2D eigenvalue weighted by Crippen LogP contribution is -2.38. The van der Waals surface area contributed by atoms with E-state index in [1.165, 1.54) is 0 Å². The molecule has 1 amide bonds. The number of piperidine rings is 1. The van der Waals surface area contributed by atoms with Gasteiger partial charge in [0, 0.05) is 24.6 Å². The van der Waals surface area contributed by atoms with Gasteiger partial charge in [0.2, 0.25) is 5.89 Å². The van der Waals surface area contributed by atoms with Crippen LogP contribution in [-0.4, -0.2) is 44.3 Å². The predicted octanol–water partition coefficient (Wildman–Crippen LogP) is 3.50. The summed E-state index contributed by atoms with van der Waals surface area (Å²) in [5.74, 6) is -1.87. The normalized spacial score (nSPS) is 15.8. The summed E-state index contributed by atoms with van der Waals surface area (Å²) in [6, 6.07) is 11.2. The van der Waals surface area contributed by atoms with Crippen molar-refractivity contribution >= 4 is 5.91 Å². The van der Waals surface area contributed by atoms with Gasteiger partial charge >= 0.3 is 12.1 Å². The van der Waals surface area contributed by atoms with E-state index in [0.717, 1.165) is 5.56 Å². The molecule has 0 radical (unpaired) electrons. The Hall–Kier alpha value is -3.17. The zero-order valence-electron chi connectivity index (χ0n) is 14.6. The first kappa shape index (κ1) is 18.2. The average Bonchev–Trinajstić information content (AvgIpc) is 3.38. The summed E-state index contributed by atoms with van der Waals surface area (Å²) < 4.78 is 42.5. The number of hydrogen-bond donors (Lipinski definition) is 1. The number of amides is 1. The number of H-pyrrole nitrogens is 1. The molecule has 1 aliphatic rings. The maximum Gasteiger partial charge on any atom is 0.470 e. The smallest absolute Gasteiger partial charge is 0.417 e. The summed E-state index contributed by atoms with van der Waals surface area (Å²) in [5.41, 5.74) is 1.94. The Morgan fingerprint density at radius 3 is 2.50 bits per heavy atom. The van der Waals surface area contributed by atoms with Crippen LogP contribution in [0.15, 0.2) is 40.8 Å². The number of benzene rings is 1. The van der Waals surface area contributed by atoms with Crippen molar-refractivity contribution in [3.8, 4) is 11.3 Å². The topological polar surface area (TPSA) is 87.9 Å². The van der Waals surface area contributed by atoms with Gasteiger partial charge in [-0.1, -0.05) is 30.3 Å². The molecule has 0 atom stereocenters. The van der Waals surface area contributed by atoms with Crippen molar-refractivity contribution < 1.29 is 22.4 Å². The number of hydrogen-bond acceptors (Lipinski definition) is 5. The summed E-state index contributed by atoms with van der Waals surface area (Å²) in [6.45, 7) is 0.764. The van der Waals surface area contributed by atoms with Crippen LogP contribution in [0.3, 0.4) is 0 Å². The molecule has 1 aromatic carbocycles. The molecule has 1 saturated heterocycles. The van der Waals surface area contributed by atoms with Crippen LogP contribution in [0.4, 0.5) is 13.2 Å². The first-order valence-corrected chi connectivity index (χ1v) is 8.72. The highest BCUT2D eigenvalue weighted by molar-refractivity contribution is 5.93. The molecule has 146 valence electrons. The molecule has 28 heavy (non-hydrogen) atoms. The van der Waals surface area contributed by atoms with Gasteiger partial charge in [-0.25, -0.2) is 0 Å². The first-order valence-electron chi connectivity index (χ1n) is 8.72. The van der Waals surface area contributed by atoms with E-state index in [1.807, 2.05) is 30.3 Å². The van der Waals surface area contributed by atoms with Crippen molar-refractivity contribution in [3.05, 3.63) is 53.9 Å². The molecule has 1 fully saturated rings. The molecule has 0 unspecified atom stereocenters. The van der Waals surface area contributed by atoms with Crippen LogP contribution in [0.5, 0.6) is 0 Å². The number of alkyl halides is 3. The van der Waals surface area contributed by atoms with E-state index >= 15 is 0 Å². The lowest BCUT2D eigenvalue weighted by Gasteiger charge is -2.30. The van der Waals surface area contributed by atoms with E-state index in [1.54, 1.807) is 11.0 Å². The SMILES string of the molecule is O=C(c1cc(-c2ccccc2)n[nH]1)N1CCC(c2nnc(C(F)(F)F)o2)CC1. The predicted molar refractivity (Wildman–Crippen MR) is 91.2 cm³/mol. The van der Waals surface area contributed by atoms with Crippen molar-refractivity contribution in [2.24, 2.45) is 0 Å². The minimum Gasteiger partial charge on any atom is -0.417 e. The number of halogens is 3. The molecule has 10 heteroatoms. The Kier molecular flexibility index (Phi) is 4.62. The molecule has 1 aliphatic heterocycles. The van der Waals surface area contributed by atoms with Crippen molar-refractivity contribution in [2.75, 3.05) is 13.1 Å². The number of carbonyl (C=O) groups is 1. The number of nitrogens with zero attached hydrogens (tertiary/aromatic N) is 4. The third kappa shape index (κ3) is 3.62. The molecule has 2 aromatic heterocycles. The summed E-state index contributed by atoms with van der Waals surface area (Å²) in [7, 11) is 0. The molecule has 4 rings (SSSR count). The van der Waals surface area contributed by atoms with Gasteiger partial charge in [-0.05, 0) is 18.9 Å². The van der Waals surface area contributed by atoms with Crippen molar-refractivity contribution in [1.29, 1.82) is 0 Å². The van der Waals surface area contributed by atoms with Crippen LogP contribution in [0.1, 0.15) is 41.0 Å². The fourth-order valence-electron chi connectivity index (χ4n) is 3.20. The number of nitrogens with one attached hydrogen (secondary N) is 1. The molecule has 0 bridgehead atoms. The molecule has 0 saturated carbocycles. The van der Waals surface area contributed by atoms with Gasteiger partial charge in [-0.15, -0.1) is 10.2 Å². The third-order valence-corrected chi connectivity index (χ3v) is 4.69.